The molecule has 28 heavy (non-hydrogen) atoms. The molecule has 0 saturated heterocycles. The highest BCUT2D eigenvalue weighted by molar-refractivity contribution is 5.91. The lowest BCUT2D eigenvalue weighted by atomic mass is 9.88. The van der Waals surface area contributed by atoms with Gasteiger partial charge in [-0.1, -0.05) is 37.1 Å². The number of likely N-dealkylation sites (N-methyl/N-ethyl adjacent to an activating group) is 2. The van der Waals surface area contributed by atoms with Gasteiger partial charge in [0.25, 0.3) is 0 Å². The summed E-state index contributed by atoms with van der Waals surface area (Å²) in [4.78, 5) is 14.4. The molecule has 4 rings (SSSR count). The summed E-state index contributed by atoms with van der Waals surface area (Å²) >= 11 is 0. The first-order valence-electron chi connectivity index (χ1n) is 10.3. The van der Waals surface area contributed by atoms with Gasteiger partial charge in [-0.25, -0.2) is 0 Å². The van der Waals surface area contributed by atoms with Crippen molar-refractivity contribution in [3.8, 4) is 0 Å². The van der Waals surface area contributed by atoms with Crippen LogP contribution in [0.2, 0.25) is 0 Å². The predicted molar refractivity (Wildman–Crippen MR) is 117 cm³/mol. The fraction of sp³-hybridized carbons (Fsp3) is 0.417. The molecular weight excluding hydrogens is 344 g/mol. The second-order valence-electron chi connectivity index (χ2n) is 8.07. The maximum absolute atomic E-state index is 4.86. The molecule has 1 aromatic carbocycles. The first kappa shape index (κ1) is 18.9. The Bertz CT molecular complexity index is 924. The number of para-hydroxylation sites is 1. The number of hydrogen-bond acceptors (Lipinski definition) is 4. The Hall–Kier alpha value is -2.46. The normalized spacial score (nSPS) is 19.9. The van der Waals surface area contributed by atoms with Crippen LogP contribution in [0.1, 0.15) is 37.1 Å². The molecule has 1 saturated carbocycles. The van der Waals surface area contributed by atoms with E-state index in [1.165, 1.54) is 36.8 Å². The van der Waals surface area contributed by atoms with Crippen LogP contribution in [-0.4, -0.2) is 41.0 Å². The third-order valence-electron chi connectivity index (χ3n) is 6.11. The Kier molecular flexibility index (Phi) is 5.58. The summed E-state index contributed by atoms with van der Waals surface area (Å²) in [6, 6.07) is 18.0. The van der Waals surface area contributed by atoms with Gasteiger partial charge in [-0.3, -0.25) is 14.9 Å². The van der Waals surface area contributed by atoms with Gasteiger partial charge < -0.3 is 4.90 Å². The van der Waals surface area contributed by atoms with Gasteiger partial charge >= 0.3 is 0 Å². The quantitative estimate of drug-likeness (QED) is 0.641. The largest absolute Gasteiger partial charge is 0.368 e. The molecular formula is C24H30N4. The zero-order valence-corrected chi connectivity index (χ0v) is 17.2. The molecule has 3 aromatic rings. The van der Waals surface area contributed by atoms with Crippen LogP contribution in [0, 0.1) is 6.92 Å². The molecule has 146 valence electrons. The number of anilines is 1. The molecule has 4 heteroatoms. The second kappa shape index (κ2) is 8.27. The van der Waals surface area contributed by atoms with E-state index in [0.29, 0.717) is 12.1 Å². The van der Waals surface area contributed by atoms with Crippen LogP contribution in [-0.2, 0) is 6.54 Å². The minimum Gasteiger partial charge on any atom is -0.368 e. The molecule has 1 fully saturated rings. The predicted octanol–water partition coefficient (Wildman–Crippen LogP) is 4.82. The van der Waals surface area contributed by atoms with E-state index in [2.05, 4.69) is 78.3 Å². The SMILES string of the molecule is Cc1ccc2cccc(N(C)[C@H]3CCCC[C@@H]3N(C)Cc3ccccn3)c2n1. The Balaban J connectivity index is 1.61. The van der Waals surface area contributed by atoms with Crippen molar-refractivity contribution in [2.24, 2.45) is 0 Å². The number of hydrogen-bond donors (Lipinski definition) is 0. The van der Waals surface area contributed by atoms with Crippen molar-refractivity contribution in [3.63, 3.8) is 0 Å². The van der Waals surface area contributed by atoms with Crippen LogP contribution in [0.3, 0.4) is 0 Å². The standard InChI is InChI=1S/C24H30N4/c1-18-14-15-19-9-8-13-23(24(19)26-18)28(3)22-12-5-4-11-21(22)27(2)17-20-10-6-7-16-25-20/h6-10,13-16,21-22H,4-5,11-12,17H2,1-3H3/t21-,22-/m0/s1. The lowest BCUT2D eigenvalue weighted by molar-refractivity contribution is 0.158. The summed E-state index contributed by atoms with van der Waals surface area (Å²) in [6.45, 7) is 2.96. The molecule has 0 unspecified atom stereocenters. The molecule has 0 radical (unpaired) electrons. The number of benzene rings is 1. The Labute approximate surface area is 168 Å². The van der Waals surface area contributed by atoms with Gasteiger partial charge in [0.2, 0.25) is 0 Å². The molecule has 2 heterocycles. The van der Waals surface area contributed by atoms with Crippen molar-refractivity contribution >= 4 is 16.6 Å². The molecule has 4 nitrogen and oxygen atoms in total. The van der Waals surface area contributed by atoms with Gasteiger partial charge in [-0.05, 0) is 51.1 Å². The number of rotatable bonds is 5. The molecule has 0 bridgehead atoms. The Morgan fingerprint density at radius 1 is 0.929 bits per heavy atom. The van der Waals surface area contributed by atoms with Crippen molar-refractivity contribution in [2.75, 3.05) is 19.0 Å². The van der Waals surface area contributed by atoms with E-state index in [1.807, 2.05) is 12.3 Å². The van der Waals surface area contributed by atoms with E-state index in [0.717, 1.165) is 23.4 Å². The summed E-state index contributed by atoms with van der Waals surface area (Å²) in [5, 5.41) is 1.21. The third kappa shape index (κ3) is 3.88. The topological polar surface area (TPSA) is 32.3 Å². The minimum absolute atomic E-state index is 0.482. The summed E-state index contributed by atoms with van der Waals surface area (Å²) in [5.74, 6) is 0. The summed E-state index contributed by atoms with van der Waals surface area (Å²) in [7, 11) is 4.49. The van der Waals surface area contributed by atoms with Crippen LogP contribution in [0.5, 0.6) is 0 Å². The van der Waals surface area contributed by atoms with E-state index in [9.17, 15) is 0 Å². The maximum atomic E-state index is 4.86. The van der Waals surface area contributed by atoms with Crippen LogP contribution in [0.4, 0.5) is 5.69 Å². The zero-order chi connectivity index (χ0) is 19.5. The van der Waals surface area contributed by atoms with Crippen LogP contribution in [0.15, 0.2) is 54.7 Å². The minimum atomic E-state index is 0.482. The Morgan fingerprint density at radius 3 is 2.54 bits per heavy atom. The summed E-state index contributed by atoms with van der Waals surface area (Å²) < 4.78 is 0. The average Bonchev–Trinajstić information content (AvgIpc) is 2.73. The molecule has 0 spiro atoms. The van der Waals surface area contributed by atoms with Gasteiger partial charge in [-0.15, -0.1) is 0 Å². The highest BCUT2D eigenvalue weighted by Crippen LogP contribution is 2.33. The van der Waals surface area contributed by atoms with Crippen LogP contribution < -0.4 is 4.90 Å². The van der Waals surface area contributed by atoms with Gasteiger partial charge in [0.05, 0.1) is 16.9 Å². The van der Waals surface area contributed by atoms with Crippen molar-refractivity contribution < 1.29 is 0 Å². The smallest absolute Gasteiger partial charge is 0.0938 e. The van der Waals surface area contributed by atoms with E-state index in [-0.39, 0.29) is 0 Å². The first-order chi connectivity index (χ1) is 13.6. The van der Waals surface area contributed by atoms with Gasteiger partial charge in [0.15, 0.2) is 0 Å². The Morgan fingerprint density at radius 2 is 1.75 bits per heavy atom. The fourth-order valence-electron chi connectivity index (χ4n) is 4.61. The van der Waals surface area contributed by atoms with Gasteiger partial charge in [-0.2, -0.15) is 0 Å². The van der Waals surface area contributed by atoms with Gasteiger partial charge in [0, 0.05) is 43.0 Å². The highest BCUT2D eigenvalue weighted by Gasteiger charge is 2.32. The van der Waals surface area contributed by atoms with Gasteiger partial charge in [0.1, 0.15) is 0 Å². The summed E-state index contributed by atoms with van der Waals surface area (Å²) in [5.41, 5.74) is 4.56. The lowest BCUT2D eigenvalue weighted by Crippen LogP contribution is -2.51. The maximum Gasteiger partial charge on any atom is 0.0938 e. The second-order valence-corrected chi connectivity index (χ2v) is 8.07. The summed E-state index contributed by atoms with van der Waals surface area (Å²) in [6.07, 6.45) is 6.93. The average molecular weight is 375 g/mol. The third-order valence-corrected chi connectivity index (χ3v) is 6.11. The fourth-order valence-corrected chi connectivity index (χ4v) is 4.61. The van der Waals surface area contributed by atoms with Crippen LogP contribution in [0.25, 0.3) is 10.9 Å². The molecule has 2 atom stereocenters. The number of aromatic nitrogens is 2. The van der Waals surface area contributed by atoms with E-state index >= 15 is 0 Å². The molecule has 1 aliphatic carbocycles. The number of aryl methyl sites for hydroxylation is 1. The molecule has 2 aromatic heterocycles. The number of pyridine rings is 2. The molecule has 1 aliphatic rings. The number of nitrogens with zero attached hydrogens (tertiary/aromatic N) is 4. The lowest BCUT2D eigenvalue weighted by Gasteiger charge is -2.43. The molecule has 0 N–H and O–H groups in total. The van der Waals surface area contributed by atoms with Crippen molar-refractivity contribution in [1.29, 1.82) is 0 Å². The van der Waals surface area contributed by atoms with Crippen molar-refractivity contribution in [1.82, 2.24) is 14.9 Å². The molecule has 0 aliphatic heterocycles. The highest BCUT2D eigenvalue weighted by atomic mass is 15.2. The number of fused-ring (bicyclic) bond motifs is 1. The van der Waals surface area contributed by atoms with Crippen molar-refractivity contribution in [3.05, 3.63) is 66.1 Å². The van der Waals surface area contributed by atoms with Crippen molar-refractivity contribution in [2.45, 2.75) is 51.2 Å². The zero-order valence-electron chi connectivity index (χ0n) is 17.2. The van der Waals surface area contributed by atoms with E-state index in [4.69, 9.17) is 4.98 Å². The monoisotopic (exact) mass is 374 g/mol. The van der Waals surface area contributed by atoms with E-state index < -0.39 is 0 Å². The van der Waals surface area contributed by atoms with Crippen LogP contribution >= 0.6 is 0 Å². The van der Waals surface area contributed by atoms with E-state index in [1.54, 1.807) is 0 Å². The molecule has 0 amide bonds. The first-order valence-corrected chi connectivity index (χ1v) is 10.3.